The first-order valence-corrected chi connectivity index (χ1v) is 6.81. The zero-order chi connectivity index (χ0) is 13.0. The zero-order valence-electron chi connectivity index (χ0n) is 11.8. The van der Waals surface area contributed by atoms with Crippen molar-refractivity contribution in [1.29, 1.82) is 0 Å². The molecule has 0 aromatic heterocycles. The monoisotopic (exact) mass is 292 g/mol. The molecule has 0 bridgehead atoms. The van der Waals surface area contributed by atoms with Gasteiger partial charge >= 0.3 is 0 Å². The van der Waals surface area contributed by atoms with Crippen LogP contribution in [0, 0.1) is 0 Å². The molecule has 2 aliphatic heterocycles. The third kappa shape index (κ3) is 3.81. The molecule has 1 N–H and O–H groups in total. The largest absolute Gasteiger partial charge is 0.376 e. The Hall–Kier alpha value is -0.360. The first kappa shape index (κ1) is 16.7. The van der Waals surface area contributed by atoms with Crippen molar-refractivity contribution in [1.82, 2.24) is 10.2 Å². The molecule has 0 aliphatic carbocycles. The number of methoxy groups -OCH3 is 1. The summed E-state index contributed by atoms with van der Waals surface area (Å²) in [6, 6.07) is 0. The number of likely N-dealkylation sites (N-methyl/N-ethyl adjacent to an activating group) is 1. The predicted molar refractivity (Wildman–Crippen MR) is 75.7 cm³/mol. The molecule has 19 heavy (non-hydrogen) atoms. The minimum Gasteiger partial charge on any atom is -0.376 e. The van der Waals surface area contributed by atoms with Gasteiger partial charge in [-0.05, 0) is 38.8 Å². The Kier molecular flexibility index (Phi) is 6.53. The number of piperidine rings is 1. The number of nitrogens with one attached hydrogen (secondary N) is 1. The molecule has 0 aromatic rings. The van der Waals surface area contributed by atoms with Crippen molar-refractivity contribution in [3.05, 3.63) is 0 Å². The maximum atomic E-state index is 12.6. The van der Waals surface area contributed by atoms with Crippen molar-refractivity contribution in [3.8, 4) is 0 Å². The van der Waals surface area contributed by atoms with E-state index in [1.54, 1.807) is 12.0 Å². The summed E-state index contributed by atoms with van der Waals surface area (Å²) in [7, 11) is 3.50. The van der Waals surface area contributed by atoms with Crippen molar-refractivity contribution in [3.63, 3.8) is 0 Å². The fourth-order valence-corrected chi connectivity index (χ4v) is 2.86. The van der Waals surface area contributed by atoms with Crippen LogP contribution in [0.3, 0.4) is 0 Å². The van der Waals surface area contributed by atoms with Gasteiger partial charge in [0.15, 0.2) is 0 Å². The fourth-order valence-electron chi connectivity index (χ4n) is 2.86. The number of nitrogens with zero attached hydrogens (tertiary/aromatic N) is 1. The van der Waals surface area contributed by atoms with Crippen LogP contribution in [0.1, 0.15) is 25.7 Å². The van der Waals surface area contributed by atoms with Gasteiger partial charge in [0, 0.05) is 27.3 Å². The van der Waals surface area contributed by atoms with Crippen molar-refractivity contribution in [2.45, 2.75) is 37.4 Å². The highest BCUT2D eigenvalue weighted by Gasteiger charge is 2.41. The molecule has 2 saturated heterocycles. The molecular weight excluding hydrogens is 268 g/mol. The molecule has 0 radical (unpaired) electrons. The van der Waals surface area contributed by atoms with E-state index in [2.05, 4.69) is 5.32 Å². The normalized spacial score (nSPS) is 25.7. The highest BCUT2D eigenvalue weighted by atomic mass is 35.5. The first-order chi connectivity index (χ1) is 8.68. The molecule has 2 aliphatic rings. The van der Waals surface area contributed by atoms with Crippen LogP contribution in [0.25, 0.3) is 0 Å². The molecule has 0 aromatic carbocycles. The van der Waals surface area contributed by atoms with Crippen LogP contribution in [0.2, 0.25) is 0 Å². The van der Waals surface area contributed by atoms with Crippen molar-refractivity contribution in [2.24, 2.45) is 0 Å². The predicted octanol–water partition coefficient (Wildman–Crippen LogP) is 0.814. The van der Waals surface area contributed by atoms with E-state index in [1.807, 2.05) is 7.05 Å². The Morgan fingerprint density at radius 2 is 2.16 bits per heavy atom. The van der Waals surface area contributed by atoms with E-state index >= 15 is 0 Å². The molecule has 0 saturated carbocycles. The van der Waals surface area contributed by atoms with Crippen molar-refractivity contribution in [2.75, 3.05) is 40.4 Å². The molecule has 1 unspecified atom stereocenters. The van der Waals surface area contributed by atoms with E-state index in [9.17, 15) is 4.79 Å². The van der Waals surface area contributed by atoms with Crippen LogP contribution in [0.15, 0.2) is 0 Å². The lowest BCUT2D eigenvalue weighted by atomic mass is 9.90. The summed E-state index contributed by atoms with van der Waals surface area (Å²) >= 11 is 0. The molecular formula is C13H25ClN2O3. The van der Waals surface area contributed by atoms with E-state index in [-0.39, 0.29) is 24.4 Å². The van der Waals surface area contributed by atoms with Crippen LogP contribution < -0.4 is 5.32 Å². The Morgan fingerprint density at radius 3 is 2.68 bits per heavy atom. The number of hydrogen-bond donors (Lipinski definition) is 1. The standard InChI is InChI=1S/C13H24N2O3.ClH/c1-15(10-11-4-3-9-18-11)12(16)13(17-2)5-7-14-8-6-13;/h11,14H,3-10H2,1-2H3;1H. The Bertz CT molecular complexity index is 290. The first-order valence-electron chi connectivity index (χ1n) is 6.81. The average molecular weight is 293 g/mol. The van der Waals surface area contributed by atoms with Crippen molar-refractivity contribution >= 4 is 18.3 Å². The number of halogens is 1. The Balaban J connectivity index is 0.00000180. The lowest BCUT2D eigenvalue weighted by molar-refractivity contribution is -0.158. The van der Waals surface area contributed by atoms with Crippen molar-refractivity contribution < 1.29 is 14.3 Å². The van der Waals surface area contributed by atoms with Gasteiger partial charge < -0.3 is 19.7 Å². The number of ether oxygens (including phenoxy) is 2. The highest BCUT2D eigenvalue weighted by Crippen LogP contribution is 2.25. The topological polar surface area (TPSA) is 50.8 Å². The maximum absolute atomic E-state index is 12.6. The number of amides is 1. The van der Waals surface area contributed by atoms with E-state index in [1.165, 1.54) is 0 Å². The van der Waals surface area contributed by atoms with Crippen LogP contribution in [0.5, 0.6) is 0 Å². The van der Waals surface area contributed by atoms with Gasteiger partial charge in [0.05, 0.1) is 6.10 Å². The van der Waals surface area contributed by atoms with Gasteiger partial charge in [0.2, 0.25) is 0 Å². The number of hydrogen-bond acceptors (Lipinski definition) is 4. The molecule has 6 heteroatoms. The molecule has 5 nitrogen and oxygen atoms in total. The van der Waals surface area contributed by atoms with Crippen LogP contribution in [0.4, 0.5) is 0 Å². The average Bonchev–Trinajstić information content (AvgIpc) is 2.91. The third-order valence-corrected chi connectivity index (χ3v) is 4.04. The summed E-state index contributed by atoms with van der Waals surface area (Å²) in [5.74, 6) is 0.0991. The van der Waals surface area contributed by atoms with E-state index in [4.69, 9.17) is 9.47 Å². The minimum atomic E-state index is -0.626. The maximum Gasteiger partial charge on any atom is 0.254 e. The lowest BCUT2D eigenvalue weighted by Crippen LogP contribution is -2.55. The van der Waals surface area contributed by atoms with Gasteiger partial charge in [-0.25, -0.2) is 0 Å². The van der Waals surface area contributed by atoms with Gasteiger partial charge in [0.1, 0.15) is 5.60 Å². The summed E-state index contributed by atoms with van der Waals surface area (Å²) in [5.41, 5.74) is -0.626. The van der Waals surface area contributed by atoms with Crippen LogP contribution in [-0.4, -0.2) is 62.9 Å². The minimum absolute atomic E-state index is 0. The van der Waals surface area contributed by atoms with Gasteiger partial charge in [-0.2, -0.15) is 0 Å². The SMILES string of the molecule is COC1(C(=O)N(C)CC2CCCO2)CCNCC1.Cl. The fraction of sp³-hybridized carbons (Fsp3) is 0.923. The second-order valence-electron chi connectivity index (χ2n) is 5.27. The molecule has 2 rings (SSSR count). The molecule has 112 valence electrons. The Labute approximate surface area is 121 Å². The second-order valence-corrected chi connectivity index (χ2v) is 5.27. The third-order valence-electron chi connectivity index (χ3n) is 4.04. The molecule has 1 amide bonds. The molecule has 0 spiro atoms. The molecule has 1 atom stereocenters. The molecule has 2 fully saturated rings. The summed E-state index contributed by atoms with van der Waals surface area (Å²) in [6.45, 7) is 3.18. The van der Waals surface area contributed by atoms with Gasteiger partial charge in [-0.1, -0.05) is 0 Å². The van der Waals surface area contributed by atoms with E-state index in [0.717, 1.165) is 45.4 Å². The number of carbonyl (C=O) groups is 1. The second kappa shape index (κ2) is 7.43. The van der Waals surface area contributed by atoms with Crippen LogP contribution >= 0.6 is 12.4 Å². The smallest absolute Gasteiger partial charge is 0.254 e. The quantitative estimate of drug-likeness (QED) is 0.833. The lowest BCUT2D eigenvalue weighted by Gasteiger charge is -2.38. The summed E-state index contributed by atoms with van der Waals surface area (Å²) < 4.78 is 11.1. The summed E-state index contributed by atoms with van der Waals surface area (Å²) in [4.78, 5) is 14.3. The Morgan fingerprint density at radius 1 is 1.47 bits per heavy atom. The van der Waals surface area contributed by atoms with Gasteiger partial charge in [0.25, 0.3) is 5.91 Å². The summed E-state index contributed by atoms with van der Waals surface area (Å²) in [5, 5.41) is 3.27. The summed E-state index contributed by atoms with van der Waals surface area (Å²) in [6.07, 6.45) is 3.86. The van der Waals surface area contributed by atoms with E-state index in [0.29, 0.717) is 6.54 Å². The number of rotatable bonds is 4. The number of carbonyl (C=O) groups excluding carboxylic acids is 1. The van der Waals surface area contributed by atoms with Gasteiger partial charge in [-0.15, -0.1) is 12.4 Å². The molecule has 2 heterocycles. The zero-order valence-corrected chi connectivity index (χ0v) is 12.6. The highest BCUT2D eigenvalue weighted by molar-refractivity contribution is 5.85. The van der Waals surface area contributed by atoms with E-state index < -0.39 is 5.60 Å². The van der Waals surface area contributed by atoms with Crippen LogP contribution in [-0.2, 0) is 14.3 Å². The van der Waals surface area contributed by atoms with Gasteiger partial charge in [-0.3, -0.25) is 4.79 Å².